The molecule has 1 saturated heterocycles. The number of ether oxygens (including phenoxy) is 1. The summed E-state index contributed by atoms with van der Waals surface area (Å²) in [5.74, 6) is 0.109. The van der Waals surface area contributed by atoms with E-state index in [4.69, 9.17) is 4.74 Å². The van der Waals surface area contributed by atoms with Gasteiger partial charge in [-0.25, -0.2) is 0 Å². The van der Waals surface area contributed by atoms with Gasteiger partial charge >= 0.3 is 5.97 Å². The lowest BCUT2D eigenvalue weighted by Gasteiger charge is -2.41. The number of phenolic OH excluding ortho intramolecular Hbond substituents is 1. The fraction of sp³-hybridized carbons (Fsp3) is 0.435. The zero-order valence-electron chi connectivity index (χ0n) is 16.9. The number of carbonyl (C=O) groups excluding carboxylic acids is 1. The van der Waals surface area contributed by atoms with Gasteiger partial charge in [-0.2, -0.15) is 0 Å². The number of aromatic hydroxyl groups is 1. The van der Waals surface area contributed by atoms with Gasteiger partial charge in [0.15, 0.2) is 0 Å². The SMILES string of the molecule is COC(=O)C(C)(C)N1CCC(NCc2ccc(-c3ccc(O)cc3)cc2)CC1. The number of methoxy groups -OCH3 is 1. The molecular weight excluding hydrogens is 352 g/mol. The van der Waals surface area contributed by atoms with E-state index in [-0.39, 0.29) is 11.7 Å². The number of esters is 1. The summed E-state index contributed by atoms with van der Waals surface area (Å²) in [6, 6.07) is 16.2. The van der Waals surface area contributed by atoms with Gasteiger partial charge < -0.3 is 15.2 Å². The van der Waals surface area contributed by atoms with Gasteiger partial charge in [0.2, 0.25) is 0 Å². The van der Waals surface area contributed by atoms with Crippen LogP contribution in [0.4, 0.5) is 0 Å². The molecule has 2 aromatic carbocycles. The minimum Gasteiger partial charge on any atom is -0.508 e. The van der Waals surface area contributed by atoms with Crippen LogP contribution in [0, 0.1) is 0 Å². The molecule has 0 amide bonds. The molecule has 1 fully saturated rings. The zero-order chi connectivity index (χ0) is 20.1. The Hall–Kier alpha value is -2.37. The summed E-state index contributed by atoms with van der Waals surface area (Å²) < 4.78 is 4.94. The quantitative estimate of drug-likeness (QED) is 0.748. The lowest BCUT2D eigenvalue weighted by Crippen LogP contribution is -2.55. The fourth-order valence-corrected chi connectivity index (χ4v) is 3.75. The number of hydrogen-bond acceptors (Lipinski definition) is 5. The molecule has 2 N–H and O–H groups in total. The summed E-state index contributed by atoms with van der Waals surface area (Å²) in [6.07, 6.45) is 2.04. The molecule has 1 heterocycles. The van der Waals surface area contributed by atoms with E-state index in [1.807, 2.05) is 26.0 Å². The van der Waals surface area contributed by atoms with Crippen LogP contribution in [0.3, 0.4) is 0 Å². The Balaban J connectivity index is 1.49. The Morgan fingerprint density at radius 1 is 1.07 bits per heavy atom. The number of phenols is 1. The van der Waals surface area contributed by atoms with E-state index in [2.05, 4.69) is 34.5 Å². The van der Waals surface area contributed by atoms with Crippen molar-refractivity contribution < 1.29 is 14.6 Å². The van der Waals surface area contributed by atoms with E-state index < -0.39 is 5.54 Å². The van der Waals surface area contributed by atoms with E-state index in [0.717, 1.165) is 43.6 Å². The van der Waals surface area contributed by atoms with E-state index in [9.17, 15) is 9.90 Å². The van der Waals surface area contributed by atoms with Crippen molar-refractivity contribution in [3.05, 3.63) is 54.1 Å². The Bertz CT molecular complexity index is 776. The highest BCUT2D eigenvalue weighted by atomic mass is 16.5. The predicted octanol–water partition coefficient (Wildman–Crippen LogP) is 3.56. The van der Waals surface area contributed by atoms with E-state index in [0.29, 0.717) is 6.04 Å². The number of carbonyl (C=O) groups is 1. The number of benzene rings is 2. The molecule has 0 unspecified atom stereocenters. The van der Waals surface area contributed by atoms with E-state index >= 15 is 0 Å². The molecule has 3 rings (SSSR count). The summed E-state index contributed by atoms with van der Waals surface area (Å²) in [4.78, 5) is 14.2. The number of nitrogens with one attached hydrogen (secondary N) is 1. The van der Waals surface area contributed by atoms with Gasteiger partial charge in [0.05, 0.1) is 7.11 Å². The average molecular weight is 383 g/mol. The van der Waals surface area contributed by atoms with Crippen molar-refractivity contribution in [1.29, 1.82) is 0 Å². The maximum absolute atomic E-state index is 12.0. The maximum Gasteiger partial charge on any atom is 0.325 e. The molecule has 1 aliphatic heterocycles. The molecule has 0 atom stereocenters. The van der Waals surface area contributed by atoms with Gasteiger partial charge in [-0.1, -0.05) is 36.4 Å². The molecule has 0 aliphatic carbocycles. The Kier molecular flexibility index (Phi) is 6.37. The van der Waals surface area contributed by atoms with Crippen molar-refractivity contribution in [2.24, 2.45) is 0 Å². The highest BCUT2D eigenvalue weighted by Crippen LogP contribution is 2.24. The van der Waals surface area contributed by atoms with Crippen molar-refractivity contribution >= 4 is 5.97 Å². The topological polar surface area (TPSA) is 61.8 Å². The van der Waals surface area contributed by atoms with Crippen LogP contribution in [0.5, 0.6) is 5.75 Å². The minimum absolute atomic E-state index is 0.173. The smallest absolute Gasteiger partial charge is 0.325 e. The number of piperidine rings is 1. The first kappa shape index (κ1) is 20.4. The minimum atomic E-state index is -0.566. The maximum atomic E-state index is 12.0. The Morgan fingerprint density at radius 3 is 2.14 bits per heavy atom. The molecule has 0 spiro atoms. The van der Waals surface area contributed by atoms with Crippen molar-refractivity contribution in [1.82, 2.24) is 10.2 Å². The molecule has 5 nitrogen and oxygen atoms in total. The van der Waals surface area contributed by atoms with Crippen LogP contribution in [0.1, 0.15) is 32.3 Å². The first-order valence-electron chi connectivity index (χ1n) is 9.85. The lowest BCUT2D eigenvalue weighted by atomic mass is 9.96. The Morgan fingerprint density at radius 2 is 1.61 bits per heavy atom. The normalized spacial score (nSPS) is 16.1. The largest absolute Gasteiger partial charge is 0.508 e. The van der Waals surface area contributed by atoms with Crippen LogP contribution in [0.15, 0.2) is 48.5 Å². The number of nitrogens with zero attached hydrogens (tertiary/aromatic N) is 1. The third-order valence-corrected chi connectivity index (χ3v) is 5.72. The van der Waals surface area contributed by atoms with Gasteiger partial charge in [0.1, 0.15) is 11.3 Å². The van der Waals surface area contributed by atoms with Gasteiger partial charge in [0, 0.05) is 25.7 Å². The fourth-order valence-electron chi connectivity index (χ4n) is 3.75. The monoisotopic (exact) mass is 382 g/mol. The van der Waals surface area contributed by atoms with Gasteiger partial charge in [0.25, 0.3) is 0 Å². The summed E-state index contributed by atoms with van der Waals surface area (Å²) in [7, 11) is 1.45. The Labute approximate surface area is 167 Å². The second kappa shape index (κ2) is 8.76. The van der Waals surface area contributed by atoms with E-state index in [1.165, 1.54) is 12.7 Å². The summed E-state index contributed by atoms with van der Waals surface area (Å²) >= 11 is 0. The average Bonchev–Trinajstić information content (AvgIpc) is 2.73. The van der Waals surface area contributed by atoms with E-state index in [1.54, 1.807) is 12.1 Å². The third-order valence-electron chi connectivity index (χ3n) is 5.72. The predicted molar refractivity (Wildman–Crippen MR) is 111 cm³/mol. The van der Waals surface area contributed by atoms with Crippen LogP contribution < -0.4 is 5.32 Å². The van der Waals surface area contributed by atoms with Crippen molar-refractivity contribution in [2.45, 2.75) is 44.8 Å². The highest BCUT2D eigenvalue weighted by molar-refractivity contribution is 5.79. The number of rotatable bonds is 6. The van der Waals surface area contributed by atoms with Crippen LogP contribution in [0.2, 0.25) is 0 Å². The molecule has 5 heteroatoms. The van der Waals surface area contributed by atoms with Gasteiger partial charge in [-0.3, -0.25) is 9.69 Å². The second-order valence-electron chi connectivity index (χ2n) is 7.94. The summed E-state index contributed by atoms with van der Waals surface area (Å²) in [5.41, 5.74) is 2.92. The van der Waals surface area contributed by atoms with Crippen molar-refractivity contribution in [3.63, 3.8) is 0 Å². The summed E-state index contributed by atoms with van der Waals surface area (Å²) in [5, 5.41) is 13.1. The number of likely N-dealkylation sites (tertiary alicyclic amines) is 1. The van der Waals surface area contributed by atoms with Gasteiger partial charge in [-0.05, 0) is 55.5 Å². The number of hydrogen-bond donors (Lipinski definition) is 2. The third kappa shape index (κ3) is 4.72. The lowest BCUT2D eigenvalue weighted by molar-refractivity contribution is -0.154. The molecular formula is C23H30N2O3. The van der Waals surface area contributed by atoms with Crippen molar-refractivity contribution in [2.75, 3.05) is 20.2 Å². The highest BCUT2D eigenvalue weighted by Gasteiger charge is 2.37. The molecule has 0 saturated carbocycles. The van der Waals surface area contributed by atoms with Gasteiger partial charge in [-0.15, -0.1) is 0 Å². The summed E-state index contributed by atoms with van der Waals surface area (Å²) in [6.45, 7) is 6.48. The molecule has 0 radical (unpaired) electrons. The molecule has 28 heavy (non-hydrogen) atoms. The van der Waals surface area contributed by atoms with Crippen molar-refractivity contribution in [3.8, 4) is 16.9 Å². The van der Waals surface area contributed by atoms with Crippen LogP contribution in [-0.4, -0.2) is 47.8 Å². The van der Waals surface area contributed by atoms with Crippen LogP contribution in [-0.2, 0) is 16.1 Å². The first-order chi connectivity index (χ1) is 13.4. The molecule has 1 aliphatic rings. The zero-order valence-corrected chi connectivity index (χ0v) is 16.9. The standard InChI is InChI=1S/C23H30N2O3/c1-23(2,22(27)28-3)25-14-12-20(13-15-25)24-16-17-4-6-18(7-5-17)19-8-10-21(26)11-9-19/h4-11,20,24,26H,12-16H2,1-3H3. The second-order valence-corrected chi connectivity index (χ2v) is 7.94. The molecule has 0 aromatic heterocycles. The van der Waals surface area contributed by atoms with Crippen LogP contribution >= 0.6 is 0 Å². The van der Waals surface area contributed by atoms with Crippen LogP contribution in [0.25, 0.3) is 11.1 Å². The molecule has 2 aromatic rings. The first-order valence-corrected chi connectivity index (χ1v) is 9.85. The molecule has 150 valence electrons. The molecule has 0 bridgehead atoms.